The smallest absolute Gasteiger partial charge is 0.414 e. The number of amides is 1. The van der Waals surface area contributed by atoms with Crippen molar-refractivity contribution in [2.75, 3.05) is 23.3 Å². The number of hydrogen-bond donors (Lipinski definition) is 1. The topological polar surface area (TPSA) is 89.4 Å². The van der Waals surface area contributed by atoms with Crippen molar-refractivity contribution in [2.24, 2.45) is 5.92 Å². The van der Waals surface area contributed by atoms with Crippen LogP contribution in [0.4, 0.5) is 24.5 Å². The van der Waals surface area contributed by atoms with E-state index in [9.17, 15) is 22.8 Å². The molecule has 3 aromatic rings. The molecule has 1 N–H and O–H groups in total. The van der Waals surface area contributed by atoms with Gasteiger partial charge in [-0.25, -0.2) is 4.98 Å². The van der Waals surface area contributed by atoms with Crippen molar-refractivity contribution in [3.8, 4) is 0 Å². The molecule has 0 unspecified atom stereocenters. The van der Waals surface area contributed by atoms with Crippen LogP contribution < -0.4 is 10.2 Å². The molecule has 0 bridgehead atoms. The molecule has 1 saturated carbocycles. The van der Waals surface area contributed by atoms with Gasteiger partial charge in [0.25, 0.3) is 5.91 Å². The Hall–Kier alpha value is -3.25. The molecule has 12 heteroatoms. The van der Waals surface area contributed by atoms with Gasteiger partial charge >= 0.3 is 6.18 Å². The molecule has 2 aromatic heterocycles. The monoisotopic (exact) mass is 629 g/mol. The number of nitrogens with zero attached hydrogens (tertiary/aromatic N) is 4. The van der Waals surface area contributed by atoms with Gasteiger partial charge in [-0.2, -0.15) is 18.3 Å². The van der Waals surface area contributed by atoms with Gasteiger partial charge in [-0.05, 0) is 80.9 Å². The molecule has 44 heavy (non-hydrogen) atoms. The first-order valence-corrected chi connectivity index (χ1v) is 18.3. The fourth-order valence-corrected chi connectivity index (χ4v) is 7.27. The number of aromatic nitrogens is 3. The van der Waals surface area contributed by atoms with E-state index in [2.05, 4.69) is 49.1 Å². The Kier molecular flexibility index (Phi) is 8.96. The Morgan fingerprint density at radius 2 is 1.73 bits per heavy atom. The Labute approximate surface area is 257 Å². The third-order valence-electron chi connectivity index (χ3n) is 9.52. The number of aldehydes is 1. The van der Waals surface area contributed by atoms with Gasteiger partial charge in [0.05, 0.1) is 22.9 Å². The Morgan fingerprint density at radius 3 is 2.34 bits per heavy atom. The van der Waals surface area contributed by atoms with Crippen LogP contribution in [0.3, 0.4) is 0 Å². The minimum absolute atomic E-state index is 0.0950. The summed E-state index contributed by atoms with van der Waals surface area (Å²) in [4.78, 5) is 30.3. The summed E-state index contributed by atoms with van der Waals surface area (Å²) in [6.45, 7) is 12.6. The summed E-state index contributed by atoms with van der Waals surface area (Å²) in [6, 6.07) is 7.28. The highest BCUT2D eigenvalue weighted by atomic mass is 28.4. The fourth-order valence-electron chi connectivity index (χ4n) is 5.84. The number of fused-ring (bicyclic) bond motifs is 1. The van der Waals surface area contributed by atoms with Gasteiger partial charge in [-0.3, -0.25) is 9.48 Å². The molecule has 1 amide bonds. The maximum Gasteiger partial charge on any atom is 0.433 e. The third-order valence-corrected chi connectivity index (χ3v) is 14.1. The van der Waals surface area contributed by atoms with Crippen molar-refractivity contribution in [1.29, 1.82) is 0 Å². The first-order valence-electron chi connectivity index (χ1n) is 15.4. The van der Waals surface area contributed by atoms with Crippen LogP contribution in [0.15, 0.2) is 36.5 Å². The summed E-state index contributed by atoms with van der Waals surface area (Å²) in [5.74, 6) is -0.620. The Morgan fingerprint density at radius 1 is 1.05 bits per heavy atom. The Bertz CT molecular complexity index is 1500. The highest BCUT2D eigenvalue weighted by molar-refractivity contribution is 6.74. The van der Waals surface area contributed by atoms with E-state index in [-0.39, 0.29) is 28.8 Å². The van der Waals surface area contributed by atoms with Crippen molar-refractivity contribution in [2.45, 2.75) is 95.8 Å². The van der Waals surface area contributed by atoms with E-state index in [1.54, 1.807) is 0 Å². The van der Waals surface area contributed by atoms with Crippen molar-refractivity contribution >= 4 is 42.8 Å². The SMILES string of the molecule is CC(C)(C)[Si](C)(C)OC1CCN(c2cc3nn(C4CCC(C=O)CC4)cc3cc2NC(=O)c2cccc(C(F)(F)F)n2)CC1. The van der Waals surface area contributed by atoms with Gasteiger partial charge in [0.2, 0.25) is 0 Å². The average molecular weight is 630 g/mol. The molecule has 1 aromatic carbocycles. The van der Waals surface area contributed by atoms with Crippen LogP contribution in [0, 0.1) is 5.92 Å². The van der Waals surface area contributed by atoms with Crippen molar-refractivity contribution in [3.63, 3.8) is 0 Å². The number of carbonyl (C=O) groups is 2. The van der Waals surface area contributed by atoms with Crippen molar-refractivity contribution < 1.29 is 27.2 Å². The normalized spacial score (nSPS) is 20.6. The number of carbonyl (C=O) groups excluding carboxylic acids is 2. The summed E-state index contributed by atoms with van der Waals surface area (Å²) >= 11 is 0. The molecule has 0 radical (unpaired) electrons. The summed E-state index contributed by atoms with van der Waals surface area (Å²) in [7, 11) is -1.93. The van der Waals surface area contributed by atoms with Crippen LogP contribution >= 0.6 is 0 Å². The standard InChI is InChI=1S/C32H42F3N5O3Si/c1-31(2,3)44(4,5)43-24-13-15-39(16-14-24)28-18-26-22(19-40(38-26)23-11-9-21(20-41)10-12-23)17-27(28)37-30(42)25-7-6-8-29(36-25)32(33,34)35/h6-8,17-21,23-24H,9-16H2,1-5H3,(H,37,42). The lowest BCUT2D eigenvalue weighted by atomic mass is 9.87. The van der Waals surface area contributed by atoms with Gasteiger partial charge in [0.15, 0.2) is 8.32 Å². The maximum absolute atomic E-state index is 13.3. The zero-order valence-corrected chi connectivity index (χ0v) is 27.1. The molecule has 2 aliphatic rings. The van der Waals surface area contributed by atoms with Crippen LogP contribution in [0.5, 0.6) is 0 Å². The molecule has 0 atom stereocenters. The summed E-state index contributed by atoms with van der Waals surface area (Å²) in [5, 5.41) is 8.66. The van der Waals surface area contributed by atoms with Gasteiger partial charge in [-0.15, -0.1) is 0 Å². The van der Waals surface area contributed by atoms with Gasteiger partial charge in [0, 0.05) is 36.7 Å². The number of nitrogens with one attached hydrogen (secondary N) is 1. The number of piperidine rings is 1. The van der Waals surface area contributed by atoms with Gasteiger partial charge in [0.1, 0.15) is 17.7 Å². The van der Waals surface area contributed by atoms with Crippen LogP contribution in [-0.2, 0) is 15.4 Å². The van der Waals surface area contributed by atoms with E-state index in [0.29, 0.717) is 18.8 Å². The number of pyridine rings is 1. The zero-order chi connectivity index (χ0) is 31.9. The molecule has 1 aliphatic heterocycles. The second-order valence-electron chi connectivity index (χ2n) is 13.7. The molecule has 1 saturated heterocycles. The second-order valence-corrected chi connectivity index (χ2v) is 18.4. The minimum Gasteiger partial charge on any atom is -0.414 e. The van der Waals surface area contributed by atoms with E-state index in [0.717, 1.165) is 67.5 Å². The maximum atomic E-state index is 13.3. The first kappa shape index (κ1) is 32.1. The number of hydrogen-bond acceptors (Lipinski definition) is 6. The molecule has 238 valence electrons. The summed E-state index contributed by atoms with van der Waals surface area (Å²) in [6.07, 6.45) is 3.48. The van der Waals surface area contributed by atoms with Gasteiger partial charge < -0.3 is 19.4 Å². The highest BCUT2D eigenvalue weighted by Gasteiger charge is 2.40. The summed E-state index contributed by atoms with van der Waals surface area (Å²) < 4.78 is 48.5. The van der Waals surface area contributed by atoms with Crippen LogP contribution in [0.1, 0.15) is 81.5 Å². The molecule has 8 nitrogen and oxygen atoms in total. The molecule has 1 aliphatic carbocycles. The van der Waals surface area contributed by atoms with Gasteiger partial charge in [-0.1, -0.05) is 26.8 Å². The number of benzene rings is 1. The largest absolute Gasteiger partial charge is 0.433 e. The number of rotatable bonds is 7. The van der Waals surface area contributed by atoms with E-state index in [1.165, 1.54) is 12.1 Å². The van der Waals surface area contributed by atoms with Crippen LogP contribution in [0.2, 0.25) is 18.1 Å². The Balaban J connectivity index is 1.42. The van der Waals surface area contributed by atoms with Crippen molar-refractivity contribution in [1.82, 2.24) is 14.8 Å². The lowest BCUT2D eigenvalue weighted by Gasteiger charge is -2.42. The fraction of sp³-hybridized carbons (Fsp3) is 0.562. The van der Waals surface area contributed by atoms with Crippen molar-refractivity contribution in [3.05, 3.63) is 47.9 Å². The van der Waals surface area contributed by atoms with Crippen LogP contribution in [-0.4, -0.2) is 54.5 Å². The molecule has 3 heterocycles. The molecule has 2 fully saturated rings. The minimum atomic E-state index is -4.66. The van der Waals surface area contributed by atoms with E-state index in [4.69, 9.17) is 9.52 Å². The quantitative estimate of drug-likeness (QED) is 0.214. The average Bonchev–Trinajstić information content (AvgIpc) is 3.39. The number of anilines is 2. The van der Waals surface area contributed by atoms with E-state index in [1.807, 2.05) is 23.0 Å². The van der Waals surface area contributed by atoms with E-state index < -0.39 is 26.1 Å². The lowest BCUT2D eigenvalue weighted by molar-refractivity contribution is -0.141. The number of alkyl halides is 3. The molecule has 0 spiro atoms. The van der Waals surface area contributed by atoms with E-state index >= 15 is 0 Å². The second kappa shape index (κ2) is 12.3. The predicted octanol–water partition coefficient (Wildman–Crippen LogP) is 7.62. The molecule has 5 rings (SSSR count). The highest BCUT2D eigenvalue weighted by Crippen LogP contribution is 2.40. The predicted molar refractivity (Wildman–Crippen MR) is 168 cm³/mol. The molecular formula is C32H42F3N5O3Si. The van der Waals surface area contributed by atoms with Crippen LogP contribution in [0.25, 0.3) is 10.9 Å². The first-order chi connectivity index (χ1) is 20.6. The summed E-state index contributed by atoms with van der Waals surface area (Å²) in [5.41, 5.74) is 0.603. The number of halogens is 3. The molecular weight excluding hydrogens is 587 g/mol. The lowest BCUT2D eigenvalue weighted by Crippen LogP contribution is -2.47. The third kappa shape index (κ3) is 7.01. The zero-order valence-electron chi connectivity index (χ0n) is 26.1.